The second kappa shape index (κ2) is 11.3. The Labute approximate surface area is 200 Å². The lowest BCUT2D eigenvalue weighted by Gasteiger charge is -2.42. The van der Waals surface area contributed by atoms with Crippen LogP contribution >= 0.6 is 0 Å². The van der Waals surface area contributed by atoms with E-state index in [9.17, 15) is 9.18 Å². The summed E-state index contributed by atoms with van der Waals surface area (Å²) >= 11 is 0. The van der Waals surface area contributed by atoms with Crippen LogP contribution in [0, 0.1) is 5.82 Å². The lowest BCUT2D eigenvalue weighted by atomic mass is 10.0. The first kappa shape index (κ1) is 23.9. The average molecular weight is 462 g/mol. The summed E-state index contributed by atoms with van der Waals surface area (Å²) in [7, 11) is 0. The molecular weight excluding hydrogens is 429 g/mol. The molecule has 0 aliphatic carbocycles. The Morgan fingerprint density at radius 3 is 2.62 bits per heavy atom. The van der Waals surface area contributed by atoms with Crippen molar-refractivity contribution < 1.29 is 14.3 Å². The molecule has 1 saturated heterocycles. The van der Waals surface area contributed by atoms with Crippen molar-refractivity contribution in [3.8, 4) is 11.1 Å². The molecule has 1 atom stereocenters. The first-order valence-corrected chi connectivity index (χ1v) is 12.0. The number of carbonyl (C=O) groups is 1. The Kier molecular flexibility index (Phi) is 7.91. The van der Waals surface area contributed by atoms with E-state index in [4.69, 9.17) is 10.1 Å². The van der Waals surface area contributed by atoms with Gasteiger partial charge in [-0.1, -0.05) is 56.2 Å². The van der Waals surface area contributed by atoms with Gasteiger partial charge in [-0.05, 0) is 47.4 Å². The van der Waals surface area contributed by atoms with Gasteiger partial charge in [0.2, 0.25) is 0 Å². The third-order valence-corrected chi connectivity index (χ3v) is 6.41. The molecule has 178 valence electrons. The Bertz CT molecular complexity index is 1100. The van der Waals surface area contributed by atoms with Crippen LogP contribution in [0.4, 0.5) is 10.2 Å². The minimum atomic E-state index is -0.804. The predicted octanol–water partition coefficient (Wildman–Crippen LogP) is 5.40. The number of aromatic nitrogens is 1. The minimum absolute atomic E-state index is 0.0536. The predicted molar refractivity (Wildman–Crippen MR) is 133 cm³/mol. The van der Waals surface area contributed by atoms with Gasteiger partial charge in [0.25, 0.3) is 0 Å². The van der Waals surface area contributed by atoms with Crippen molar-refractivity contribution >= 4 is 11.8 Å². The number of hydrogen-bond acceptors (Lipinski definition) is 4. The third kappa shape index (κ3) is 6.20. The Hall–Kier alpha value is -3.25. The maximum absolute atomic E-state index is 13.6. The SMILES string of the molecule is CCCC[C@@H]1CN(Cc2cccc(CC(=O)O)c2)CCN1c1ccc(-c2cccc(F)c2)cn1. The molecule has 0 unspecified atom stereocenters. The van der Waals surface area contributed by atoms with Crippen molar-refractivity contribution in [3.05, 3.63) is 83.8 Å². The molecule has 6 heteroatoms. The van der Waals surface area contributed by atoms with E-state index in [-0.39, 0.29) is 12.2 Å². The van der Waals surface area contributed by atoms with Crippen LogP contribution in [0.5, 0.6) is 0 Å². The molecule has 2 aromatic carbocycles. The Morgan fingerprint density at radius 2 is 1.88 bits per heavy atom. The first-order valence-electron chi connectivity index (χ1n) is 12.0. The third-order valence-electron chi connectivity index (χ3n) is 6.41. The zero-order valence-electron chi connectivity index (χ0n) is 19.7. The van der Waals surface area contributed by atoms with Crippen molar-refractivity contribution in [2.24, 2.45) is 0 Å². The van der Waals surface area contributed by atoms with Crippen LogP contribution in [0.2, 0.25) is 0 Å². The molecule has 34 heavy (non-hydrogen) atoms. The molecule has 0 radical (unpaired) electrons. The maximum Gasteiger partial charge on any atom is 0.307 e. The van der Waals surface area contributed by atoms with Crippen LogP contribution in [0.1, 0.15) is 37.3 Å². The van der Waals surface area contributed by atoms with Crippen molar-refractivity contribution in [2.75, 3.05) is 24.5 Å². The molecule has 4 rings (SSSR count). The molecule has 1 fully saturated rings. The van der Waals surface area contributed by atoms with Crippen LogP contribution in [-0.2, 0) is 17.8 Å². The number of nitrogens with zero attached hydrogens (tertiary/aromatic N) is 3. The number of rotatable bonds is 9. The molecule has 0 spiro atoms. The van der Waals surface area contributed by atoms with Gasteiger partial charge in [-0.3, -0.25) is 9.69 Å². The smallest absolute Gasteiger partial charge is 0.307 e. The molecule has 1 aliphatic heterocycles. The van der Waals surface area contributed by atoms with E-state index >= 15 is 0 Å². The molecule has 0 amide bonds. The topological polar surface area (TPSA) is 56.7 Å². The summed E-state index contributed by atoms with van der Waals surface area (Å²) in [5, 5.41) is 9.09. The minimum Gasteiger partial charge on any atom is -0.481 e. The summed E-state index contributed by atoms with van der Waals surface area (Å²) in [6.07, 6.45) is 5.29. The molecule has 1 aromatic heterocycles. The van der Waals surface area contributed by atoms with Crippen LogP contribution in [-0.4, -0.2) is 46.6 Å². The highest BCUT2D eigenvalue weighted by Crippen LogP contribution is 2.26. The van der Waals surface area contributed by atoms with Gasteiger partial charge in [0.1, 0.15) is 11.6 Å². The van der Waals surface area contributed by atoms with E-state index in [0.717, 1.165) is 73.5 Å². The fourth-order valence-corrected chi connectivity index (χ4v) is 4.72. The first-order chi connectivity index (χ1) is 16.5. The van der Waals surface area contributed by atoms with E-state index in [0.29, 0.717) is 6.04 Å². The number of aliphatic carboxylic acids is 1. The number of carboxylic acids is 1. The number of piperazine rings is 1. The Morgan fingerprint density at radius 1 is 1.06 bits per heavy atom. The van der Waals surface area contributed by atoms with Gasteiger partial charge in [-0.25, -0.2) is 9.37 Å². The highest BCUT2D eigenvalue weighted by molar-refractivity contribution is 5.70. The number of benzene rings is 2. The lowest BCUT2D eigenvalue weighted by molar-refractivity contribution is -0.136. The van der Waals surface area contributed by atoms with Gasteiger partial charge >= 0.3 is 5.97 Å². The molecule has 1 aliphatic rings. The number of unbranched alkanes of at least 4 members (excludes halogenated alkanes) is 1. The van der Waals surface area contributed by atoms with Gasteiger partial charge in [-0.2, -0.15) is 0 Å². The molecule has 1 N–H and O–H groups in total. The summed E-state index contributed by atoms with van der Waals surface area (Å²) in [4.78, 5) is 20.7. The van der Waals surface area contributed by atoms with E-state index in [1.165, 1.54) is 12.1 Å². The van der Waals surface area contributed by atoms with Gasteiger partial charge in [0.05, 0.1) is 6.42 Å². The van der Waals surface area contributed by atoms with Crippen molar-refractivity contribution in [2.45, 2.75) is 45.2 Å². The van der Waals surface area contributed by atoms with Crippen LogP contribution in [0.15, 0.2) is 66.9 Å². The van der Waals surface area contributed by atoms with Crippen molar-refractivity contribution in [1.82, 2.24) is 9.88 Å². The zero-order chi connectivity index (χ0) is 23.9. The fraction of sp³-hybridized carbons (Fsp3) is 0.357. The maximum atomic E-state index is 13.6. The summed E-state index contributed by atoms with van der Waals surface area (Å²) in [5.41, 5.74) is 3.73. The summed E-state index contributed by atoms with van der Waals surface area (Å²) in [6, 6.07) is 18.9. The second-order valence-corrected chi connectivity index (χ2v) is 9.03. The van der Waals surface area contributed by atoms with E-state index in [1.807, 2.05) is 42.6 Å². The number of anilines is 1. The van der Waals surface area contributed by atoms with Gasteiger partial charge in [0.15, 0.2) is 0 Å². The van der Waals surface area contributed by atoms with Crippen LogP contribution in [0.3, 0.4) is 0 Å². The molecule has 5 nitrogen and oxygen atoms in total. The Balaban J connectivity index is 1.45. The number of halogens is 1. The van der Waals surface area contributed by atoms with Crippen LogP contribution < -0.4 is 4.90 Å². The quantitative estimate of drug-likeness (QED) is 0.463. The molecular formula is C28H32FN3O2. The van der Waals surface area contributed by atoms with Gasteiger partial charge in [0, 0.05) is 44.0 Å². The van der Waals surface area contributed by atoms with Crippen molar-refractivity contribution in [3.63, 3.8) is 0 Å². The van der Waals surface area contributed by atoms with Gasteiger partial charge < -0.3 is 10.0 Å². The highest BCUT2D eigenvalue weighted by Gasteiger charge is 2.27. The molecule has 0 bridgehead atoms. The number of pyridine rings is 1. The van der Waals surface area contributed by atoms with Crippen LogP contribution in [0.25, 0.3) is 11.1 Å². The number of hydrogen-bond donors (Lipinski definition) is 1. The zero-order valence-corrected chi connectivity index (χ0v) is 19.7. The summed E-state index contributed by atoms with van der Waals surface area (Å²) < 4.78 is 13.6. The monoisotopic (exact) mass is 461 g/mol. The summed E-state index contributed by atoms with van der Waals surface area (Å²) in [6.45, 7) is 5.77. The molecule has 0 saturated carbocycles. The molecule has 2 heterocycles. The largest absolute Gasteiger partial charge is 0.481 e. The fourth-order valence-electron chi connectivity index (χ4n) is 4.72. The van der Waals surface area contributed by atoms with E-state index in [1.54, 1.807) is 6.07 Å². The second-order valence-electron chi connectivity index (χ2n) is 9.03. The summed E-state index contributed by atoms with van der Waals surface area (Å²) in [5.74, 6) is -0.0866. The average Bonchev–Trinajstić information content (AvgIpc) is 2.83. The van der Waals surface area contributed by atoms with Crippen molar-refractivity contribution in [1.29, 1.82) is 0 Å². The van der Waals surface area contributed by atoms with E-state index in [2.05, 4.69) is 22.8 Å². The normalized spacial score (nSPS) is 16.5. The highest BCUT2D eigenvalue weighted by atomic mass is 19.1. The van der Waals surface area contributed by atoms with Gasteiger partial charge in [-0.15, -0.1) is 0 Å². The standard InChI is InChI=1S/C28H32FN3O2/c1-2-3-10-26-20-31(19-22-7-4-6-21(15-22)16-28(33)34)13-14-32(26)27-12-11-24(18-30-27)23-8-5-9-25(29)17-23/h4-9,11-12,15,17-18,26H,2-3,10,13-14,16,19-20H2,1H3,(H,33,34)/t26-/m1/s1. The number of carboxylic acid groups (broad SMARTS) is 1. The lowest BCUT2D eigenvalue weighted by Crippen LogP contribution is -2.53. The van der Waals surface area contributed by atoms with E-state index < -0.39 is 5.97 Å². The molecule has 3 aromatic rings.